The molecule has 3 aliphatic rings. The Morgan fingerprint density at radius 1 is 1.32 bits per heavy atom. The van der Waals surface area contributed by atoms with Crippen LogP contribution in [0, 0.1) is 17.3 Å². The smallest absolute Gasteiger partial charge is 0.235 e. The van der Waals surface area contributed by atoms with Gasteiger partial charge in [0.25, 0.3) is 0 Å². The highest BCUT2D eigenvalue weighted by atomic mass is 79.9. The standard InChI is InChI=1S/C20H24BrNO3/c1-20-7-6-14-13(15(20)4-5-17(20)24)3-2-11-8-12(23)9-16(19(11)14)22-18(25)10-21/h8-9,13-15,23H,2-7,10H2,1H3,(H,22,25)/t13-,14+,15+,20+/m1/s1. The summed E-state index contributed by atoms with van der Waals surface area (Å²) in [4.78, 5) is 24.4. The molecular weight excluding hydrogens is 382 g/mol. The molecule has 0 unspecified atom stereocenters. The number of benzene rings is 1. The van der Waals surface area contributed by atoms with Crippen molar-refractivity contribution in [2.45, 2.75) is 51.4 Å². The van der Waals surface area contributed by atoms with Crippen molar-refractivity contribution < 1.29 is 14.7 Å². The van der Waals surface area contributed by atoms with Crippen LogP contribution in [-0.2, 0) is 16.0 Å². The van der Waals surface area contributed by atoms with Crippen molar-refractivity contribution in [2.24, 2.45) is 17.3 Å². The van der Waals surface area contributed by atoms with Gasteiger partial charge in [-0.2, -0.15) is 0 Å². The number of amides is 1. The second-order valence-corrected chi connectivity index (χ2v) is 8.64. The third-order valence-electron chi connectivity index (χ3n) is 6.91. The van der Waals surface area contributed by atoms with E-state index in [1.165, 1.54) is 5.56 Å². The molecule has 4 nitrogen and oxygen atoms in total. The van der Waals surface area contributed by atoms with E-state index in [9.17, 15) is 14.7 Å². The van der Waals surface area contributed by atoms with Crippen LogP contribution in [-0.4, -0.2) is 22.1 Å². The lowest BCUT2D eigenvalue weighted by atomic mass is 9.55. The monoisotopic (exact) mass is 405 g/mol. The molecule has 5 heteroatoms. The Balaban J connectivity index is 1.74. The minimum atomic E-state index is -0.144. The summed E-state index contributed by atoms with van der Waals surface area (Å²) in [6.45, 7) is 2.17. The molecule has 1 aromatic carbocycles. The lowest BCUT2D eigenvalue weighted by molar-refractivity contribution is -0.129. The molecule has 4 atom stereocenters. The Morgan fingerprint density at radius 2 is 2.12 bits per heavy atom. The second kappa shape index (κ2) is 6.11. The molecule has 2 N–H and O–H groups in total. The van der Waals surface area contributed by atoms with E-state index in [0.717, 1.165) is 49.8 Å². The molecule has 25 heavy (non-hydrogen) atoms. The van der Waals surface area contributed by atoms with Crippen molar-refractivity contribution in [3.05, 3.63) is 23.3 Å². The summed E-state index contributed by atoms with van der Waals surface area (Å²) in [6.07, 6.45) is 5.62. The van der Waals surface area contributed by atoms with Crippen LogP contribution in [0.15, 0.2) is 12.1 Å². The number of ketones is 1. The molecule has 0 aliphatic heterocycles. The van der Waals surface area contributed by atoms with Crippen molar-refractivity contribution in [1.82, 2.24) is 0 Å². The molecule has 2 fully saturated rings. The summed E-state index contributed by atoms with van der Waals surface area (Å²) in [5.41, 5.74) is 2.96. The van der Waals surface area contributed by atoms with E-state index in [2.05, 4.69) is 28.2 Å². The number of hydrogen-bond donors (Lipinski definition) is 2. The highest BCUT2D eigenvalue weighted by Gasteiger charge is 2.54. The summed E-state index contributed by atoms with van der Waals surface area (Å²) >= 11 is 3.19. The lowest BCUT2D eigenvalue weighted by Gasteiger charge is -2.48. The topological polar surface area (TPSA) is 66.4 Å². The Bertz CT molecular complexity index is 747. The quantitative estimate of drug-likeness (QED) is 0.726. The van der Waals surface area contributed by atoms with E-state index in [1.807, 2.05) is 6.07 Å². The Hall–Kier alpha value is -1.36. The van der Waals surface area contributed by atoms with Crippen molar-refractivity contribution in [2.75, 3.05) is 10.6 Å². The highest BCUT2D eigenvalue weighted by molar-refractivity contribution is 9.09. The number of carbonyl (C=O) groups excluding carboxylic acids is 2. The van der Waals surface area contributed by atoms with Gasteiger partial charge in [-0.1, -0.05) is 22.9 Å². The first-order valence-corrected chi connectivity index (χ1v) is 10.3. The number of carbonyl (C=O) groups is 2. The van der Waals surface area contributed by atoms with E-state index in [4.69, 9.17) is 0 Å². The first-order chi connectivity index (χ1) is 11.9. The van der Waals surface area contributed by atoms with Gasteiger partial charge in [-0.15, -0.1) is 0 Å². The van der Waals surface area contributed by atoms with Gasteiger partial charge in [0, 0.05) is 23.6 Å². The number of phenols is 1. The van der Waals surface area contributed by atoms with Gasteiger partial charge < -0.3 is 10.4 Å². The number of hydrogen-bond acceptors (Lipinski definition) is 3. The third kappa shape index (κ3) is 2.62. The van der Waals surface area contributed by atoms with E-state index in [0.29, 0.717) is 23.5 Å². The molecule has 0 heterocycles. The number of alkyl halides is 1. The molecule has 0 aromatic heterocycles. The van der Waals surface area contributed by atoms with Crippen LogP contribution in [0.3, 0.4) is 0 Å². The largest absolute Gasteiger partial charge is 0.508 e. The van der Waals surface area contributed by atoms with E-state index < -0.39 is 0 Å². The number of aromatic hydroxyl groups is 1. The lowest BCUT2D eigenvalue weighted by Crippen LogP contribution is -2.42. The SMILES string of the molecule is C[C@]12CC[C@@H]3c4c(cc(O)cc4NC(=O)CBr)CC[C@H]3[C@@H]1CCC2=O. The number of nitrogens with one attached hydrogen (secondary N) is 1. The van der Waals surface area contributed by atoms with E-state index in [1.54, 1.807) is 6.07 Å². The summed E-state index contributed by atoms with van der Waals surface area (Å²) < 4.78 is 0. The Morgan fingerprint density at radius 3 is 2.88 bits per heavy atom. The van der Waals surface area contributed by atoms with Crippen molar-refractivity contribution in [3.63, 3.8) is 0 Å². The number of rotatable bonds is 2. The zero-order chi connectivity index (χ0) is 17.8. The van der Waals surface area contributed by atoms with Gasteiger partial charge in [0.05, 0.1) is 5.33 Å². The molecular formula is C20H24BrNO3. The summed E-state index contributed by atoms with van der Waals surface area (Å²) in [7, 11) is 0. The molecule has 1 aromatic rings. The van der Waals surface area contributed by atoms with Gasteiger partial charge in [0.2, 0.25) is 5.91 Å². The normalized spacial score (nSPS) is 33.4. The first kappa shape index (κ1) is 17.1. The van der Waals surface area contributed by atoms with Crippen LogP contribution in [0.4, 0.5) is 5.69 Å². The maximum atomic E-state index is 12.5. The number of aryl methyl sites for hydroxylation is 1. The van der Waals surface area contributed by atoms with Gasteiger partial charge in [-0.05, 0) is 67.1 Å². The van der Waals surface area contributed by atoms with Crippen LogP contribution in [0.25, 0.3) is 0 Å². The number of phenolic OH excluding ortho intramolecular Hbond substituents is 1. The third-order valence-corrected chi connectivity index (χ3v) is 7.42. The maximum Gasteiger partial charge on any atom is 0.235 e. The van der Waals surface area contributed by atoms with Crippen LogP contribution in [0.1, 0.15) is 56.1 Å². The minimum Gasteiger partial charge on any atom is -0.508 e. The van der Waals surface area contributed by atoms with Crippen molar-refractivity contribution >= 4 is 33.3 Å². The number of anilines is 1. The van der Waals surface area contributed by atoms with E-state index in [-0.39, 0.29) is 22.4 Å². The zero-order valence-corrected chi connectivity index (χ0v) is 16.1. The first-order valence-electron chi connectivity index (χ1n) is 9.19. The van der Waals surface area contributed by atoms with Gasteiger partial charge in [-0.25, -0.2) is 0 Å². The van der Waals surface area contributed by atoms with Gasteiger partial charge in [-0.3, -0.25) is 9.59 Å². The molecule has 134 valence electrons. The molecule has 0 radical (unpaired) electrons. The molecule has 0 bridgehead atoms. The van der Waals surface area contributed by atoms with Crippen LogP contribution >= 0.6 is 15.9 Å². The van der Waals surface area contributed by atoms with Gasteiger partial charge in [0.15, 0.2) is 0 Å². The zero-order valence-electron chi connectivity index (χ0n) is 14.5. The van der Waals surface area contributed by atoms with Crippen LogP contribution in [0.2, 0.25) is 0 Å². The fourth-order valence-corrected chi connectivity index (χ4v) is 5.91. The van der Waals surface area contributed by atoms with Gasteiger partial charge >= 0.3 is 0 Å². The Labute approximate surface area is 156 Å². The fraction of sp³-hybridized carbons (Fsp3) is 0.600. The summed E-state index contributed by atoms with van der Waals surface area (Å²) in [6, 6.07) is 3.53. The average Bonchev–Trinajstić information content (AvgIpc) is 2.89. The van der Waals surface area contributed by atoms with Gasteiger partial charge in [0.1, 0.15) is 11.5 Å². The molecule has 1 amide bonds. The number of halogens is 1. The molecule has 4 rings (SSSR count). The number of fused-ring (bicyclic) bond motifs is 5. The molecule has 0 spiro atoms. The van der Waals surface area contributed by atoms with Crippen LogP contribution < -0.4 is 5.32 Å². The molecule has 3 aliphatic carbocycles. The molecule has 0 saturated heterocycles. The summed E-state index contributed by atoms with van der Waals surface area (Å²) in [5.74, 6) is 1.88. The predicted molar refractivity (Wildman–Crippen MR) is 100 cm³/mol. The Kier molecular flexibility index (Phi) is 4.18. The predicted octanol–water partition coefficient (Wildman–Crippen LogP) is 4.15. The minimum absolute atomic E-state index is 0.105. The second-order valence-electron chi connectivity index (χ2n) is 8.08. The van der Waals surface area contributed by atoms with E-state index >= 15 is 0 Å². The maximum absolute atomic E-state index is 12.5. The van der Waals surface area contributed by atoms with Crippen LogP contribution in [0.5, 0.6) is 5.75 Å². The average molecular weight is 406 g/mol. The number of Topliss-reactive ketones (excluding diaryl/α,β-unsaturated/α-hetero) is 1. The summed E-state index contributed by atoms with van der Waals surface area (Å²) in [5, 5.41) is 13.3. The fourth-order valence-electron chi connectivity index (χ4n) is 5.77. The highest BCUT2D eigenvalue weighted by Crippen LogP contribution is 2.60. The molecule has 2 saturated carbocycles. The van der Waals surface area contributed by atoms with Crippen molar-refractivity contribution in [3.8, 4) is 5.75 Å². The van der Waals surface area contributed by atoms with Crippen molar-refractivity contribution in [1.29, 1.82) is 0 Å².